The van der Waals surface area contributed by atoms with Crippen LogP contribution in [-0.2, 0) is 16.0 Å². The van der Waals surface area contributed by atoms with Gasteiger partial charge in [-0.3, -0.25) is 14.5 Å². The SMILES string of the molecule is COc1ccc(CCNC(=O)C(=O)NCC(c2ccco2)N2CCN(c3ccccc3F)CC2)cc1. The number of carbonyl (C=O) groups excluding carboxylic acids is 2. The lowest BCUT2D eigenvalue weighted by molar-refractivity contribution is -0.139. The van der Waals surface area contributed by atoms with Crippen LogP contribution in [0.3, 0.4) is 0 Å². The molecule has 0 bridgehead atoms. The molecule has 0 spiro atoms. The minimum absolute atomic E-state index is 0.220. The average molecular weight is 495 g/mol. The van der Waals surface area contributed by atoms with E-state index in [4.69, 9.17) is 9.15 Å². The van der Waals surface area contributed by atoms with Crippen LogP contribution in [0.1, 0.15) is 17.4 Å². The highest BCUT2D eigenvalue weighted by Crippen LogP contribution is 2.25. The Hall–Kier alpha value is -3.85. The number of nitrogens with one attached hydrogen (secondary N) is 2. The summed E-state index contributed by atoms with van der Waals surface area (Å²) in [6.07, 6.45) is 2.19. The molecule has 3 aromatic rings. The Morgan fingerprint density at radius 3 is 2.36 bits per heavy atom. The summed E-state index contributed by atoms with van der Waals surface area (Å²) < 4.78 is 25.0. The number of rotatable bonds is 9. The molecule has 1 aromatic heterocycles. The Bertz CT molecular complexity index is 1130. The Labute approximate surface area is 210 Å². The van der Waals surface area contributed by atoms with Crippen LogP contribution < -0.4 is 20.3 Å². The van der Waals surface area contributed by atoms with Crippen molar-refractivity contribution in [2.24, 2.45) is 0 Å². The van der Waals surface area contributed by atoms with Gasteiger partial charge in [-0.25, -0.2) is 4.39 Å². The van der Waals surface area contributed by atoms with Gasteiger partial charge in [0.2, 0.25) is 0 Å². The highest BCUT2D eigenvalue weighted by Gasteiger charge is 2.28. The van der Waals surface area contributed by atoms with E-state index in [9.17, 15) is 14.0 Å². The van der Waals surface area contributed by atoms with Crippen LogP contribution in [0.25, 0.3) is 0 Å². The molecule has 2 heterocycles. The van der Waals surface area contributed by atoms with Gasteiger partial charge in [-0.15, -0.1) is 0 Å². The molecule has 2 N–H and O–H groups in total. The van der Waals surface area contributed by atoms with Gasteiger partial charge in [0, 0.05) is 39.3 Å². The van der Waals surface area contributed by atoms with Crippen LogP contribution in [0, 0.1) is 5.82 Å². The highest BCUT2D eigenvalue weighted by molar-refractivity contribution is 6.35. The fraction of sp³-hybridized carbons (Fsp3) is 0.333. The molecule has 4 rings (SSSR count). The van der Waals surface area contributed by atoms with Crippen molar-refractivity contribution in [3.05, 3.63) is 84.1 Å². The van der Waals surface area contributed by atoms with Crippen LogP contribution in [0.15, 0.2) is 71.3 Å². The molecule has 1 aliphatic rings. The molecule has 1 unspecified atom stereocenters. The minimum Gasteiger partial charge on any atom is -0.497 e. The zero-order chi connectivity index (χ0) is 25.3. The van der Waals surface area contributed by atoms with E-state index in [1.807, 2.05) is 41.3 Å². The first-order valence-corrected chi connectivity index (χ1v) is 12.0. The van der Waals surface area contributed by atoms with Crippen LogP contribution in [0.2, 0.25) is 0 Å². The molecule has 1 fully saturated rings. The van der Waals surface area contributed by atoms with Crippen LogP contribution in [0.4, 0.5) is 10.1 Å². The van der Waals surface area contributed by atoms with E-state index in [-0.39, 0.29) is 18.4 Å². The predicted octanol–water partition coefficient (Wildman–Crippen LogP) is 2.77. The molecule has 1 saturated heterocycles. The van der Waals surface area contributed by atoms with E-state index >= 15 is 0 Å². The van der Waals surface area contributed by atoms with Crippen molar-refractivity contribution in [1.29, 1.82) is 0 Å². The highest BCUT2D eigenvalue weighted by atomic mass is 19.1. The van der Waals surface area contributed by atoms with Crippen LogP contribution in [-0.4, -0.2) is 63.1 Å². The molecule has 0 radical (unpaired) electrons. The smallest absolute Gasteiger partial charge is 0.309 e. The number of para-hydroxylation sites is 1. The number of nitrogens with zero attached hydrogens (tertiary/aromatic N) is 2. The second-order valence-corrected chi connectivity index (χ2v) is 8.57. The van der Waals surface area contributed by atoms with Gasteiger partial charge in [0.25, 0.3) is 0 Å². The van der Waals surface area contributed by atoms with Crippen molar-refractivity contribution >= 4 is 17.5 Å². The first-order chi connectivity index (χ1) is 17.5. The molecule has 2 aromatic carbocycles. The summed E-state index contributed by atoms with van der Waals surface area (Å²) in [5.41, 5.74) is 1.62. The van der Waals surface area contributed by atoms with Gasteiger partial charge in [-0.1, -0.05) is 24.3 Å². The number of halogens is 1. The van der Waals surface area contributed by atoms with Gasteiger partial charge >= 0.3 is 11.8 Å². The van der Waals surface area contributed by atoms with E-state index in [0.717, 1.165) is 11.3 Å². The molecule has 36 heavy (non-hydrogen) atoms. The first-order valence-electron chi connectivity index (χ1n) is 12.0. The van der Waals surface area contributed by atoms with Gasteiger partial charge in [0.05, 0.1) is 25.1 Å². The minimum atomic E-state index is -0.689. The summed E-state index contributed by atoms with van der Waals surface area (Å²) in [7, 11) is 1.61. The Morgan fingerprint density at radius 2 is 1.69 bits per heavy atom. The molecular formula is C27H31FN4O4. The standard InChI is InChI=1S/C27H31FN4O4/c1-35-21-10-8-20(9-11-21)12-13-29-26(33)27(34)30-19-24(25-7-4-18-36-25)32-16-14-31(15-17-32)23-6-3-2-5-22(23)28/h2-11,18,24H,12-17,19H2,1H3,(H,29,33)(H,30,34). The number of amides is 2. The second-order valence-electron chi connectivity index (χ2n) is 8.57. The lowest BCUT2D eigenvalue weighted by Gasteiger charge is -2.39. The third kappa shape index (κ3) is 6.42. The summed E-state index contributed by atoms with van der Waals surface area (Å²) >= 11 is 0. The second kappa shape index (κ2) is 12.2. The largest absolute Gasteiger partial charge is 0.497 e. The zero-order valence-electron chi connectivity index (χ0n) is 20.3. The lowest BCUT2D eigenvalue weighted by atomic mass is 10.1. The third-order valence-corrected chi connectivity index (χ3v) is 6.34. The maximum atomic E-state index is 14.2. The molecule has 8 nitrogen and oxygen atoms in total. The molecule has 190 valence electrons. The Kier molecular flexibility index (Phi) is 8.57. The molecule has 0 saturated carbocycles. The number of methoxy groups -OCH3 is 1. The van der Waals surface area contributed by atoms with Crippen molar-refractivity contribution in [3.8, 4) is 5.75 Å². The summed E-state index contributed by atoms with van der Waals surface area (Å²) in [6.45, 7) is 3.15. The first kappa shape index (κ1) is 25.2. The Balaban J connectivity index is 1.27. The lowest BCUT2D eigenvalue weighted by Crippen LogP contribution is -2.51. The summed E-state index contributed by atoms with van der Waals surface area (Å²) in [5, 5.41) is 5.41. The fourth-order valence-electron chi connectivity index (χ4n) is 4.34. The third-order valence-electron chi connectivity index (χ3n) is 6.34. The van der Waals surface area contributed by atoms with Crippen LogP contribution >= 0.6 is 0 Å². The predicted molar refractivity (Wildman–Crippen MR) is 134 cm³/mol. The summed E-state index contributed by atoms with van der Waals surface area (Å²) in [4.78, 5) is 29.0. The van der Waals surface area contributed by atoms with Crippen molar-refractivity contribution in [3.63, 3.8) is 0 Å². The molecular weight excluding hydrogens is 463 g/mol. The maximum Gasteiger partial charge on any atom is 0.309 e. The van der Waals surface area contributed by atoms with E-state index in [0.29, 0.717) is 50.6 Å². The Morgan fingerprint density at radius 1 is 0.972 bits per heavy atom. The number of anilines is 1. The summed E-state index contributed by atoms with van der Waals surface area (Å²) in [5.74, 6) is -0.132. The van der Waals surface area contributed by atoms with Crippen molar-refractivity contribution < 1.29 is 23.1 Å². The van der Waals surface area contributed by atoms with Crippen molar-refractivity contribution in [2.75, 3.05) is 51.3 Å². The number of carbonyl (C=O) groups is 2. The van der Waals surface area contributed by atoms with Gasteiger partial charge < -0.3 is 24.7 Å². The average Bonchev–Trinajstić information content (AvgIpc) is 3.44. The zero-order valence-corrected chi connectivity index (χ0v) is 20.3. The van der Waals surface area contributed by atoms with E-state index in [1.165, 1.54) is 6.07 Å². The summed E-state index contributed by atoms with van der Waals surface area (Å²) in [6, 6.07) is 17.7. The topological polar surface area (TPSA) is 87.0 Å². The quantitative estimate of drug-likeness (QED) is 0.445. The molecule has 0 aliphatic carbocycles. The molecule has 1 aliphatic heterocycles. The van der Waals surface area contributed by atoms with Gasteiger partial charge in [0.15, 0.2) is 0 Å². The number of piperazine rings is 1. The number of benzene rings is 2. The molecule has 9 heteroatoms. The normalized spacial score (nSPS) is 14.8. The molecule has 2 amide bonds. The van der Waals surface area contributed by atoms with Crippen molar-refractivity contribution in [2.45, 2.75) is 12.5 Å². The maximum absolute atomic E-state index is 14.2. The number of hydrogen-bond acceptors (Lipinski definition) is 6. The van der Waals surface area contributed by atoms with Gasteiger partial charge in [0.1, 0.15) is 17.3 Å². The van der Waals surface area contributed by atoms with Crippen molar-refractivity contribution in [1.82, 2.24) is 15.5 Å². The number of furan rings is 1. The van der Waals surface area contributed by atoms with E-state index in [2.05, 4.69) is 15.5 Å². The van der Waals surface area contributed by atoms with Crippen LogP contribution in [0.5, 0.6) is 5.75 Å². The number of hydrogen-bond donors (Lipinski definition) is 2. The van der Waals surface area contributed by atoms with E-state index < -0.39 is 11.8 Å². The molecule has 1 atom stereocenters. The van der Waals surface area contributed by atoms with Gasteiger partial charge in [-0.2, -0.15) is 0 Å². The fourth-order valence-corrected chi connectivity index (χ4v) is 4.34. The monoisotopic (exact) mass is 494 g/mol. The van der Waals surface area contributed by atoms with E-state index in [1.54, 1.807) is 31.6 Å². The number of ether oxygens (including phenoxy) is 1. The van der Waals surface area contributed by atoms with Gasteiger partial charge in [-0.05, 0) is 48.4 Å².